The van der Waals surface area contributed by atoms with Gasteiger partial charge in [-0.2, -0.15) is 0 Å². The van der Waals surface area contributed by atoms with E-state index in [0.717, 1.165) is 6.04 Å². The van der Waals surface area contributed by atoms with Crippen LogP contribution in [0.2, 0.25) is 0 Å². The maximum absolute atomic E-state index is 2.57. The van der Waals surface area contributed by atoms with E-state index >= 15 is 0 Å². The van der Waals surface area contributed by atoms with Crippen molar-refractivity contribution >= 4 is 0 Å². The summed E-state index contributed by atoms with van der Waals surface area (Å²) in [7, 11) is 2.28. The lowest BCUT2D eigenvalue weighted by atomic mass is 9.86. The highest BCUT2D eigenvalue weighted by Crippen LogP contribution is 2.37. The second-order valence-corrected chi connectivity index (χ2v) is 4.75. The van der Waals surface area contributed by atoms with Crippen molar-refractivity contribution in [1.82, 2.24) is 9.80 Å². The van der Waals surface area contributed by atoms with Gasteiger partial charge < -0.3 is 0 Å². The van der Waals surface area contributed by atoms with E-state index in [9.17, 15) is 0 Å². The molecule has 0 radical (unpaired) electrons. The summed E-state index contributed by atoms with van der Waals surface area (Å²) in [4.78, 5) is 5.13. The summed E-state index contributed by atoms with van der Waals surface area (Å²) in [6.07, 6.45) is 2.83. The Morgan fingerprint density at radius 3 is 2.33 bits per heavy atom. The van der Waals surface area contributed by atoms with Gasteiger partial charge in [0.2, 0.25) is 0 Å². The van der Waals surface area contributed by atoms with Gasteiger partial charge in [0.05, 0.1) is 0 Å². The van der Waals surface area contributed by atoms with E-state index in [1.54, 1.807) is 0 Å². The molecule has 0 N–H and O–H groups in total. The smallest absolute Gasteiger partial charge is 0.0460 e. The minimum Gasteiger partial charge on any atom is -0.298 e. The van der Waals surface area contributed by atoms with Gasteiger partial charge in [-0.1, -0.05) is 0 Å². The molecule has 0 aromatic rings. The third-order valence-corrected chi connectivity index (χ3v) is 3.67. The summed E-state index contributed by atoms with van der Waals surface area (Å²) >= 11 is 0. The first-order valence-corrected chi connectivity index (χ1v) is 5.09. The van der Waals surface area contributed by atoms with E-state index in [4.69, 9.17) is 0 Å². The predicted molar refractivity (Wildman–Crippen MR) is 51.3 cm³/mol. The van der Waals surface area contributed by atoms with Crippen LogP contribution in [0.25, 0.3) is 0 Å². The zero-order valence-corrected chi connectivity index (χ0v) is 8.51. The molecular weight excluding hydrogens is 148 g/mol. The van der Waals surface area contributed by atoms with Crippen molar-refractivity contribution in [1.29, 1.82) is 0 Å². The molecule has 2 heteroatoms. The van der Waals surface area contributed by atoms with Gasteiger partial charge in [-0.3, -0.25) is 9.80 Å². The Kier molecular flexibility index (Phi) is 1.92. The van der Waals surface area contributed by atoms with Crippen LogP contribution in [-0.2, 0) is 0 Å². The topological polar surface area (TPSA) is 6.48 Å². The Morgan fingerprint density at radius 2 is 1.92 bits per heavy atom. The second kappa shape index (κ2) is 2.71. The third kappa shape index (κ3) is 1.09. The Morgan fingerprint density at radius 1 is 1.25 bits per heavy atom. The van der Waals surface area contributed by atoms with E-state index in [1.165, 1.54) is 32.5 Å². The number of hydrogen-bond donors (Lipinski definition) is 0. The molecule has 0 aromatic heterocycles. The molecule has 2 nitrogen and oxygen atoms in total. The Balaban J connectivity index is 1.93. The van der Waals surface area contributed by atoms with Gasteiger partial charge in [-0.05, 0) is 40.3 Å². The van der Waals surface area contributed by atoms with Crippen molar-refractivity contribution in [3.8, 4) is 0 Å². The molecule has 2 aliphatic rings. The van der Waals surface area contributed by atoms with Crippen molar-refractivity contribution in [3.05, 3.63) is 0 Å². The van der Waals surface area contributed by atoms with E-state index < -0.39 is 0 Å². The lowest BCUT2D eigenvalue weighted by molar-refractivity contribution is -0.0345. The molecule has 12 heavy (non-hydrogen) atoms. The summed E-state index contributed by atoms with van der Waals surface area (Å²) < 4.78 is 0. The van der Waals surface area contributed by atoms with Gasteiger partial charge in [0.15, 0.2) is 0 Å². The molecule has 2 heterocycles. The number of nitrogens with zero attached hydrogens (tertiary/aromatic N) is 2. The van der Waals surface area contributed by atoms with Gasteiger partial charge in [-0.25, -0.2) is 0 Å². The molecule has 1 spiro atoms. The highest BCUT2D eigenvalue weighted by atomic mass is 15.4. The van der Waals surface area contributed by atoms with Crippen LogP contribution < -0.4 is 0 Å². The Hall–Kier alpha value is -0.0800. The van der Waals surface area contributed by atoms with Crippen LogP contribution in [0.3, 0.4) is 0 Å². The maximum Gasteiger partial charge on any atom is 0.0460 e. The van der Waals surface area contributed by atoms with Crippen molar-refractivity contribution in [2.75, 3.05) is 26.7 Å². The maximum atomic E-state index is 2.57. The monoisotopic (exact) mass is 168 g/mol. The highest BCUT2D eigenvalue weighted by Gasteiger charge is 2.48. The van der Waals surface area contributed by atoms with E-state index in [1.807, 2.05) is 0 Å². The molecule has 0 atom stereocenters. The van der Waals surface area contributed by atoms with E-state index in [2.05, 4.69) is 30.7 Å². The molecule has 70 valence electrons. The minimum absolute atomic E-state index is 0.588. The summed E-state index contributed by atoms with van der Waals surface area (Å²) in [5.74, 6) is 0. The molecule has 2 fully saturated rings. The number of rotatable bonds is 1. The van der Waals surface area contributed by atoms with Crippen LogP contribution in [0.15, 0.2) is 0 Å². The highest BCUT2D eigenvalue weighted by molar-refractivity contribution is 5.06. The molecule has 2 saturated heterocycles. The largest absolute Gasteiger partial charge is 0.298 e. The van der Waals surface area contributed by atoms with E-state index in [-0.39, 0.29) is 0 Å². The summed E-state index contributed by atoms with van der Waals surface area (Å²) in [5.41, 5.74) is 0.588. The molecule has 0 amide bonds. The first-order valence-electron chi connectivity index (χ1n) is 5.09. The SMILES string of the molecule is CC(C)N1CC2(CCCN2C)C1. The van der Waals surface area contributed by atoms with Crippen LogP contribution in [0.1, 0.15) is 26.7 Å². The van der Waals surface area contributed by atoms with Crippen molar-refractivity contribution < 1.29 is 0 Å². The molecule has 2 rings (SSSR count). The van der Waals surface area contributed by atoms with Crippen LogP contribution in [0.5, 0.6) is 0 Å². The molecule has 0 aliphatic carbocycles. The lowest BCUT2D eigenvalue weighted by Gasteiger charge is -2.53. The number of likely N-dealkylation sites (tertiary alicyclic amines) is 2. The summed E-state index contributed by atoms with van der Waals surface area (Å²) in [6, 6.07) is 0.740. The van der Waals surface area contributed by atoms with Gasteiger partial charge in [0.25, 0.3) is 0 Å². The Bertz CT molecular complexity index is 171. The minimum atomic E-state index is 0.588. The number of hydrogen-bond acceptors (Lipinski definition) is 2. The molecule has 0 bridgehead atoms. The van der Waals surface area contributed by atoms with Gasteiger partial charge >= 0.3 is 0 Å². The zero-order chi connectivity index (χ0) is 8.77. The first-order chi connectivity index (χ1) is 5.64. The van der Waals surface area contributed by atoms with Gasteiger partial charge in [0.1, 0.15) is 0 Å². The fourth-order valence-corrected chi connectivity index (χ4v) is 2.55. The van der Waals surface area contributed by atoms with Gasteiger partial charge in [-0.15, -0.1) is 0 Å². The Labute approximate surface area is 75.5 Å². The normalized spacial score (nSPS) is 30.0. The van der Waals surface area contributed by atoms with Crippen molar-refractivity contribution in [2.45, 2.75) is 38.3 Å². The summed E-state index contributed by atoms with van der Waals surface area (Å²) in [6.45, 7) is 8.51. The first kappa shape index (κ1) is 8.52. The fraction of sp³-hybridized carbons (Fsp3) is 1.00. The quantitative estimate of drug-likeness (QED) is 0.580. The van der Waals surface area contributed by atoms with E-state index in [0.29, 0.717) is 5.54 Å². The van der Waals surface area contributed by atoms with Crippen molar-refractivity contribution in [3.63, 3.8) is 0 Å². The molecule has 0 unspecified atom stereocenters. The molecular formula is C10H20N2. The second-order valence-electron chi connectivity index (χ2n) is 4.75. The van der Waals surface area contributed by atoms with Crippen LogP contribution in [0.4, 0.5) is 0 Å². The fourth-order valence-electron chi connectivity index (χ4n) is 2.55. The zero-order valence-electron chi connectivity index (χ0n) is 8.51. The molecule has 0 aromatic carbocycles. The number of likely N-dealkylation sites (N-methyl/N-ethyl adjacent to an activating group) is 1. The average molecular weight is 168 g/mol. The van der Waals surface area contributed by atoms with Gasteiger partial charge in [0, 0.05) is 24.7 Å². The lowest BCUT2D eigenvalue weighted by Crippen LogP contribution is -2.68. The molecule has 2 aliphatic heterocycles. The van der Waals surface area contributed by atoms with Crippen LogP contribution >= 0.6 is 0 Å². The predicted octanol–water partition coefficient (Wildman–Crippen LogP) is 1.17. The van der Waals surface area contributed by atoms with Crippen LogP contribution in [-0.4, -0.2) is 48.1 Å². The van der Waals surface area contributed by atoms with Crippen molar-refractivity contribution in [2.24, 2.45) is 0 Å². The third-order valence-electron chi connectivity index (χ3n) is 3.67. The average Bonchev–Trinajstić information content (AvgIpc) is 2.26. The molecule has 0 saturated carbocycles. The van der Waals surface area contributed by atoms with Crippen LogP contribution in [0, 0.1) is 0 Å². The standard InChI is InChI=1S/C10H20N2/c1-9(2)12-7-10(8-12)5-4-6-11(10)3/h9H,4-8H2,1-3H3. The summed E-state index contributed by atoms with van der Waals surface area (Å²) in [5, 5.41) is 0.